The van der Waals surface area contributed by atoms with Crippen LogP contribution in [0.25, 0.3) is 56.3 Å². The first-order valence-corrected chi connectivity index (χ1v) is 26.1. The highest BCUT2D eigenvalue weighted by Gasteiger charge is 2.20. The van der Waals surface area contributed by atoms with Crippen LogP contribution in [0.3, 0.4) is 0 Å². The Hall–Kier alpha value is -8.15. The average Bonchev–Trinajstić information content (AvgIpc) is 0.745. The Balaban J connectivity index is 0.000000236. The second-order valence-electron chi connectivity index (χ2n) is 20.1. The highest BCUT2D eigenvalue weighted by Crippen LogP contribution is 2.28. The summed E-state index contributed by atoms with van der Waals surface area (Å²) in [6.07, 6.45) is 2.43. The van der Waals surface area contributed by atoms with E-state index in [1.807, 2.05) is 44.0 Å². The summed E-state index contributed by atoms with van der Waals surface area (Å²) in [5, 5.41) is 0. The van der Waals surface area contributed by atoms with Crippen LogP contribution in [0.2, 0.25) is 0 Å². The lowest BCUT2D eigenvalue weighted by atomic mass is 9.97. The maximum absolute atomic E-state index is 8.09. The Morgan fingerprint density at radius 1 is 0.325 bits per heavy atom. The zero-order valence-corrected chi connectivity index (χ0v) is 48.9. The summed E-state index contributed by atoms with van der Waals surface area (Å²) in [7, 11) is 8.38. The van der Waals surface area contributed by atoms with Crippen LogP contribution in [0, 0.1) is 124 Å². The number of nitrogens with zero attached hydrogens (tertiary/aromatic N) is 5. The van der Waals surface area contributed by atoms with Crippen molar-refractivity contribution in [3.8, 4) is 56.3 Å². The van der Waals surface area contributed by atoms with E-state index in [4.69, 9.17) is 53.5 Å². The molecule has 5 heteroatoms. The molecule has 10 rings (SSSR count). The van der Waals surface area contributed by atoms with E-state index in [2.05, 4.69) is 0 Å². The molecule has 0 bridgehead atoms. The Morgan fingerprint density at radius 2 is 0.867 bits per heavy atom. The van der Waals surface area contributed by atoms with E-state index in [0.29, 0.717) is 44.8 Å². The topological polar surface area (TPSA) is 19.4 Å². The molecule has 0 fully saturated rings. The standard InChI is InChI=1S/4C16H20N.C14H16N/c1-11-6-8-15(13(3)10-11)16-9-7-12(2)14(4)17(16)5;1-11-6-7-15(13(3)8-11)16-9-12(2)14(4)10-17(16)5;1-11-6-7-15(13(3)8-11)16-10-12(2)9-14(4)17(16)5;1-11-6-7-15(13(3)10-11)16-14(4)12(2)8-9-17(16)5;1-11-8-9-14(15(3)10-11)13-7-5-4-6-12(13)2/h4*6-10H,1-5H3;4-10H,1-3H3/q5*+1/i1D3,2D3;1D3,2D3,4D3;1D3,2D3;1D3,2D3,4D3;1D3,4D,5D,6D,7D,8D,10D. The Kier molecular flexibility index (Phi) is 9.83. The predicted octanol–water partition coefficient (Wildman–Crippen LogP) is 16.4. The molecular formula is C78H96N5+5. The fourth-order valence-corrected chi connectivity index (χ4v) is 9.12. The van der Waals surface area contributed by atoms with E-state index in [1.165, 1.54) is 79.5 Å². The minimum Gasteiger partial charge on any atom is -0.201 e. The molecule has 10 aromatic rings. The van der Waals surface area contributed by atoms with Crippen LogP contribution < -0.4 is 22.8 Å². The van der Waals surface area contributed by atoms with Crippen molar-refractivity contribution in [3.05, 3.63) is 264 Å². The lowest BCUT2D eigenvalue weighted by Gasteiger charge is -2.09. The van der Waals surface area contributed by atoms with Gasteiger partial charge in [0.05, 0.1) is 6.85 Å². The minimum atomic E-state index is -2.65. The molecule has 0 unspecified atom stereocenters. The molecule has 0 N–H and O–H groups in total. The van der Waals surface area contributed by atoms with Crippen molar-refractivity contribution in [1.82, 2.24) is 0 Å². The quantitative estimate of drug-likeness (QED) is 0.153. The zero-order chi connectivity index (χ0) is 93.9. The average molecular weight is 1140 g/mol. The summed E-state index contributed by atoms with van der Waals surface area (Å²) in [6.45, 7) is -13.9. The van der Waals surface area contributed by atoms with Crippen molar-refractivity contribution in [2.75, 3.05) is 0 Å². The van der Waals surface area contributed by atoms with Gasteiger partial charge in [-0.15, -0.1) is 0 Å². The molecule has 0 amide bonds. The van der Waals surface area contributed by atoms with Crippen molar-refractivity contribution < 1.29 is 76.3 Å². The second-order valence-corrected chi connectivity index (χ2v) is 20.1. The summed E-state index contributed by atoms with van der Waals surface area (Å²) in [5.41, 5.74) is 10.4. The SMILES string of the molecule is [2H]C([2H])([2H])c1ccc(-c2c(C([2H])([2H])[2H])c(C([2H])([2H])[2H])cc[n+]2C)c(C)c1.[2H]C([2H])([2H])c1ccc(-c2cc(C([2H])([2H])[2H])c(C([2H])([2H])[2H])c[n+]2C)c(C)c1.[2H]C([2H])([2H])c1ccc(-c2cc(C([2H])([2H])[2H])cc(C)[n+]2C)c(C)c1.[2H]C([2H])([2H])c1ccc(-c2ccc(C([2H])([2H])[2H])c(C)[n+]2C)c(C)c1.[2H]c1cc(-c2c([2H])c([2H])c([2H])c([2H])c2C)[n+](C)c([2H])c1C([2H])([2H])[2H]. The van der Waals surface area contributed by atoms with E-state index in [1.54, 1.807) is 111 Å². The van der Waals surface area contributed by atoms with Crippen LogP contribution in [0.5, 0.6) is 0 Å². The molecule has 5 aromatic heterocycles. The summed E-state index contributed by atoms with van der Waals surface area (Å²) >= 11 is 0. The Morgan fingerprint density at radius 3 is 1.41 bits per heavy atom. The molecular weight excluding hydrogens is 1010 g/mol. The van der Waals surface area contributed by atoms with E-state index in [9.17, 15) is 0 Å². The molecule has 428 valence electrons. The van der Waals surface area contributed by atoms with Gasteiger partial charge in [-0.25, -0.2) is 13.7 Å². The van der Waals surface area contributed by atoms with Crippen LogP contribution >= 0.6 is 0 Å². The monoisotopic (exact) mass is 1140 g/mol. The Labute approximate surface area is 555 Å². The molecule has 0 saturated carbocycles. The molecule has 0 aliphatic heterocycles. The van der Waals surface area contributed by atoms with Crippen molar-refractivity contribution in [2.45, 2.75) is 124 Å². The van der Waals surface area contributed by atoms with Crippen LogP contribution in [-0.2, 0) is 35.2 Å². The van der Waals surface area contributed by atoms with Gasteiger partial charge >= 0.3 is 0 Å². The molecule has 5 aromatic carbocycles. The summed E-state index contributed by atoms with van der Waals surface area (Å²) in [5.74, 6) is 0. The van der Waals surface area contributed by atoms with Crippen LogP contribution in [-0.4, -0.2) is 0 Å². The molecule has 0 spiro atoms. The minimum absolute atomic E-state index is 0.142. The molecule has 0 atom stereocenters. The van der Waals surface area contributed by atoms with E-state index in [-0.39, 0.29) is 97.4 Å². The maximum Gasteiger partial charge on any atom is 0.215 e. The number of aromatic nitrogens is 5. The van der Waals surface area contributed by atoms with Gasteiger partial charge in [-0.3, -0.25) is 0 Å². The molecule has 0 radical (unpaired) electrons. The lowest BCUT2D eigenvalue weighted by molar-refractivity contribution is -0.667. The third-order valence-corrected chi connectivity index (χ3v) is 13.9. The first-order valence-electron chi connectivity index (χ1n) is 45.6. The number of hydrogen-bond donors (Lipinski definition) is 0. The summed E-state index contributed by atoms with van der Waals surface area (Å²) in [4.78, 5) is 0. The second kappa shape index (κ2) is 28.2. The van der Waals surface area contributed by atoms with E-state index in [0.717, 1.165) is 39.3 Å². The maximum atomic E-state index is 8.09. The number of benzene rings is 5. The number of hydrogen-bond acceptors (Lipinski definition) is 0. The van der Waals surface area contributed by atoms with Crippen molar-refractivity contribution in [3.63, 3.8) is 0 Å². The van der Waals surface area contributed by atoms with Gasteiger partial charge in [0.15, 0.2) is 30.0 Å². The van der Waals surface area contributed by atoms with Crippen molar-refractivity contribution >= 4 is 0 Å². The van der Waals surface area contributed by atoms with Gasteiger partial charge < -0.3 is 0 Å². The van der Waals surface area contributed by atoms with Gasteiger partial charge in [-0.05, 0) is 197 Å². The zero-order valence-electron chi connectivity index (χ0n) is 87.9. The van der Waals surface area contributed by atoms with Crippen molar-refractivity contribution in [1.29, 1.82) is 0 Å². The molecule has 5 heterocycles. The fourth-order valence-electron chi connectivity index (χ4n) is 9.12. The van der Waals surface area contributed by atoms with Gasteiger partial charge in [-0.1, -0.05) is 88.9 Å². The largest absolute Gasteiger partial charge is 0.215 e. The third kappa shape index (κ3) is 16.1. The molecule has 0 aliphatic rings. The van der Waals surface area contributed by atoms with Crippen LogP contribution in [0.1, 0.15) is 154 Å². The van der Waals surface area contributed by atoms with E-state index < -0.39 is 87.0 Å². The molecule has 0 aliphatic carbocycles. The van der Waals surface area contributed by atoms with Crippen LogP contribution in [0.15, 0.2) is 164 Å². The fraction of sp³-hybridized carbons (Fsp3) is 0.295. The van der Waals surface area contributed by atoms with Gasteiger partial charge in [0.1, 0.15) is 36.6 Å². The highest BCUT2D eigenvalue weighted by atomic mass is 15.0. The van der Waals surface area contributed by atoms with E-state index >= 15 is 0 Å². The number of aryl methyl sites for hydroxylation is 16. The van der Waals surface area contributed by atoms with Gasteiger partial charge in [0.25, 0.3) is 0 Å². The smallest absolute Gasteiger partial charge is 0.201 e. The molecule has 0 saturated heterocycles. The molecule has 5 nitrogen and oxygen atoms in total. The first kappa shape index (κ1) is 28.9. The summed E-state index contributed by atoms with van der Waals surface area (Å²) < 4.78 is 306. The van der Waals surface area contributed by atoms with Crippen LogP contribution in [0.4, 0.5) is 0 Å². The van der Waals surface area contributed by atoms with Crippen molar-refractivity contribution in [2.24, 2.45) is 35.2 Å². The normalized spacial score (nSPS) is 19.2. The number of pyridine rings is 5. The van der Waals surface area contributed by atoms with Gasteiger partial charge in [0.2, 0.25) is 28.5 Å². The number of rotatable bonds is 5. The highest BCUT2D eigenvalue weighted by molar-refractivity contribution is 5.67. The van der Waals surface area contributed by atoms with Gasteiger partial charge in [0, 0.05) is 146 Å². The summed E-state index contributed by atoms with van der Waals surface area (Å²) in [6, 6.07) is 28.0. The first-order chi connectivity index (χ1) is 55.0. The van der Waals surface area contributed by atoms with Gasteiger partial charge in [-0.2, -0.15) is 9.13 Å². The lowest BCUT2D eigenvalue weighted by Crippen LogP contribution is -2.35. The predicted molar refractivity (Wildman–Crippen MR) is 351 cm³/mol. The third-order valence-electron chi connectivity index (χ3n) is 13.9. The molecule has 83 heavy (non-hydrogen) atoms. The Bertz CT molecular complexity index is 5530.